The second-order valence-corrected chi connectivity index (χ2v) is 7.61. The second-order valence-electron chi connectivity index (χ2n) is 5.38. The molecule has 0 atom stereocenters. The van der Waals surface area contributed by atoms with Crippen LogP contribution in [0.5, 0.6) is 0 Å². The number of likely N-dealkylation sites (tertiary alicyclic amines) is 1. The lowest BCUT2D eigenvalue weighted by Gasteiger charge is -2.15. The zero-order valence-electron chi connectivity index (χ0n) is 11.6. The summed E-state index contributed by atoms with van der Waals surface area (Å²) in [6.45, 7) is 6.63. The van der Waals surface area contributed by atoms with Crippen molar-refractivity contribution in [2.75, 3.05) is 17.8 Å². The molecule has 0 bridgehead atoms. The molecule has 1 aromatic rings. The molecule has 5 heteroatoms. The van der Waals surface area contributed by atoms with Crippen molar-refractivity contribution in [1.82, 2.24) is 4.90 Å². The fraction of sp³-hybridized carbons (Fsp3) is 0.571. The highest BCUT2D eigenvalue weighted by Crippen LogP contribution is 2.16. The standard InChI is InChI=1S/C14H22N2O2S/c1-12(2)19(17,18)15-14-7-5-13(6-8-14)11-16-9-3-4-10-16/h5-8,12,15H,3-4,9-11H2,1-2H3. The van der Waals surface area contributed by atoms with Gasteiger partial charge in [-0.15, -0.1) is 0 Å². The first kappa shape index (κ1) is 14.3. The van der Waals surface area contributed by atoms with E-state index in [-0.39, 0.29) is 0 Å². The summed E-state index contributed by atoms with van der Waals surface area (Å²) in [5.41, 5.74) is 1.87. The van der Waals surface area contributed by atoms with Gasteiger partial charge in [0, 0.05) is 12.2 Å². The van der Waals surface area contributed by atoms with Crippen molar-refractivity contribution in [3.05, 3.63) is 29.8 Å². The van der Waals surface area contributed by atoms with Gasteiger partial charge in [-0.1, -0.05) is 12.1 Å². The Bertz CT molecular complexity index is 503. The molecule has 106 valence electrons. The first-order valence-electron chi connectivity index (χ1n) is 6.80. The van der Waals surface area contributed by atoms with Crippen molar-refractivity contribution in [1.29, 1.82) is 0 Å². The first-order chi connectivity index (χ1) is 8.97. The topological polar surface area (TPSA) is 49.4 Å². The minimum Gasteiger partial charge on any atom is -0.299 e. The van der Waals surface area contributed by atoms with Gasteiger partial charge in [0.25, 0.3) is 0 Å². The lowest BCUT2D eigenvalue weighted by atomic mass is 10.2. The van der Waals surface area contributed by atoms with Gasteiger partial charge in [0.1, 0.15) is 0 Å². The van der Waals surface area contributed by atoms with E-state index in [2.05, 4.69) is 9.62 Å². The zero-order valence-corrected chi connectivity index (χ0v) is 12.4. The quantitative estimate of drug-likeness (QED) is 0.902. The smallest absolute Gasteiger partial charge is 0.235 e. The third-order valence-electron chi connectivity index (χ3n) is 3.44. The van der Waals surface area contributed by atoms with Gasteiger partial charge in [0.2, 0.25) is 10.0 Å². The van der Waals surface area contributed by atoms with Crippen molar-refractivity contribution in [2.45, 2.75) is 38.5 Å². The van der Waals surface area contributed by atoms with Gasteiger partial charge in [-0.2, -0.15) is 0 Å². The van der Waals surface area contributed by atoms with E-state index in [0.29, 0.717) is 5.69 Å². The Labute approximate surface area is 115 Å². The predicted octanol–water partition coefficient (Wildman–Crippen LogP) is 2.43. The molecule has 0 saturated carbocycles. The van der Waals surface area contributed by atoms with Crippen molar-refractivity contribution in [2.24, 2.45) is 0 Å². The SMILES string of the molecule is CC(C)S(=O)(=O)Nc1ccc(CN2CCCC2)cc1. The van der Waals surface area contributed by atoms with Crippen LogP contribution in [0.25, 0.3) is 0 Å². The number of hydrogen-bond donors (Lipinski definition) is 1. The fourth-order valence-corrected chi connectivity index (χ4v) is 2.86. The number of nitrogens with zero attached hydrogens (tertiary/aromatic N) is 1. The Kier molecular flexibility index (Phi) is 4.47. The molecular weight excluding hydrogens is 260 g/mol. The molecule has 0 radical (unpaired) electrons. The highest BCUT2D eigenvalue weighted by Gasteiger charge is 2.15. The fourth-order valence-electron chi connectivity index (χ4n) is 2.16. The third-order valence-corrected chi connectivity index (χ3v) is 5.20. The third kappa shape index (κ3) is 3.94. The van der Waals surface area contributed by atoms with Gasteiger partial charge in [0.15, 0.2) is 0 Å². The second kappa shape index (κ2) is 5.92. The van der Waals surface area contributed by atoms with Crippen LogP contribution in [0.1, 0.15) is 32.3 Å². The van der Waals surface area contributed by atoms with Crippen LogP contribution in [0.15, 0.2) is 24.3 Å². The summed E-state index contributed by atoms with van der Waals surface area (Å²) in [4.78, 5) is 2.42. The molecule has 1 heterocycles. The van der Waals surface area contributed by atoms with E-state index in [1.807, 2.05) is 24.3 Å². The van der Waals surface area contributed by atoms with Gasteiger partial charge in [0.05, 0.1) is 5.25 Å². The number of sulfonamides is 1. The molecule has 1 N–H and O–H groups in total. The summed E-state index contributed by atoms with van der Waals surface area (Å²) in [5, 5.41) is -0.420. The maximum atomic E-state index is 11.7. The van der Waals surface area contributed by atoms with E-state index in [4.69, 9.17) is 0 Å². The van der Waals surface area contributed by atoms with Crippen molar-refractivity contribution in [3.63, 3.8) is 0 Å². The van der Waals surface area contributed by atoms with E-state index in [1.54, 1.807) is 13.8 Å². The Balaban J connectivity index is 1.98. The van der Waals surface area contributed by atoms with Gasteiger partial charge < -0.3 is 0 Å². The molecular formula is C14H22N2O2S. The normalized spacial score (nSPS) is 17.0. The number of hydrogen-bond acceptors (Lipinski definition) is 3. The Morgan fingerprint density at radius 3 is 2.26 bits per heavy atom. The number of rotatable bonds is 5. The molecule has 1 aliphatic heterocycles. The van der Waals surface area contributed by atoms with Gasteiger partial charge >= 0.3 is 0 Å². The van der Waals surface area contributed by atoms with Crippen molar-refractivity contribution in [3.8, 4) is 0 Å². The van der Waals surface area contributed by atoms with Crippen molar-refractivity contribution >= 4 is 15.7 Å². The maximum absolute atomic E-state index is 11.7. The van der Waals surface area contributed by atoms with Gasteiger partial charge in [-0.3, -0.25) is 9.62 Å². The molecule has 1 aromatic carbocycles. The Morgan fingerprint density at radius 1 is 1.16 bits per heavy atom. The molecule has 4 nitrogen and oxygen atoms in total. The van der Waals surface area contributed by atoms with Crippen LogP contribution in [0.2, 0.25) is 0 Å². The monoisotopic (exact) mass is 282 g/mol. The average Bonchev–Trinajstić information content (AvgIpc) is 2.84. The zero-order chi connectivity index (χ0) is 13.9. The number of anilines is 1. The first-order valence-corrected chi connectivity index (χ1v) is 8.35. The van der Waals surface area contributed by atoms with Crippen molar-refractivity contribution < 1.29 is 8.42 Å². The molecule has 0 aromatic heterocycles. The van der Waals surface area contributed by atoms with E-state index in [9.17, 15) is 8.42 Å². The minimum atomic E-state index is -3.25. The lowest BCUT2D eigenvalue weighted by Crippen LogP contribution is -2.22. The van der Waals surface area contributed by atoms with Crippen LogP contribution in [0.3, 0.4) is 0 Å². The van der Waals surface area contributed by atoms with E-state index in [0.717, 1.165) is 6.54 Å². The Hall–Kier alpha value is -1.07. The molecule has 0 amide bonds. The summed E-state index contributed by atoms with van der Waals surface area (Å²) in [6, 6.07) is 7.67. The van der Waals surface area contributed by atoms with Crippen LogP contribution >= 0.6 is 0 Å². The summed E-state index contributed by atoms with van der Waals surface area (Å²) < 4.78 is 26.1. The van der Waals surface area contributed by atoms with E-state index in [1.165, 1.54) is 31.5 Å². The summed E-state index contributed by atoms with van der Waals surface area (Å²) in [7, 11) is -3.25. The molecule has 0 unspecified atom stereocenters. The largest absolute Gasteiger partial charge is 0.299 e. The molecule has 19 heavy (non-hydrogen) atoms. The van der Waals surface area contributed by atoms with Crippen LogP contribution in [-0.2, 0) is 16.6 Å². The Morgan fingerprint density at radius 2 is 1.74 bits per heavy atom. The van der Waals surface area contributed by atoms with Crippen LogP contribution in [0, 0.1) is 0 Å². The number of benzene rings is 1. The van der Waals surface area contributed by atoms with Gasteiger partial charge in [-0.05, 0) is 57.5 Å². The van der Waals surface area contributed by atoms with Crippen LogP contribution < -0.4 is 4.72 Å². The summed E-state index contributed by atoms with van der Waals surface area (Å²) in [5.74, 6) is 0. The summed E-state index contributed by atoms with van der Waals surface area (Å²) >= 11 is 0. The molecule has 2 rings (SSSR count). The highest BCUT2D eigenvalue weighted by atomic mass is 32.2. The predicted molar refractivity (Wildman–Crippen MR) is 78.6 cm³/mol. The molecule has 0 aliphatic carbocycles. The molecule has 1 fully saturated rings. The lowest BCUT2D eigenvalue weighted by molar-refractivity contribution is 0.331. The van der Waals surface area contributed by atoms with E-state index < -0.39 is 15.3 Å². The number of nitrogens with one attached hydrogen (secondary N) is 1. The van der Waals surface area contributed by atoms with E-state index >= 15 is 0 Å². The maximum Gasteiger partial charge on any atom is 0.235 e. The highest BCUT2D eigenvalue weighted by molar-refractivity contribution is 7.93. The average molecular weight is 282 g/mol. The molecule has 0 spiro atoms. The molecule has 1 saturated heterocycles. The minimum absolute atomic E-state index is 0.420. The summed E-state index contributed by atoms with van der Waals surface area (Å²) in [6.07, 6.45) is 2.57. The van der Waals surface area contributed by atoms with Gasteiger partial charge in [-0.25, -0.2) is 8.42 Å². The van der Waals surface area contributed by atoms with Crippen LogP contribution in [0.4, 0.5) is 5.69 Å². The van der Waals surface area contributed by atoms with Crippen LogP contribution in [-0.4, -0.2) is 31.7 Å². The molecule has 1 aliphatic rings.